The monoisotopic (exact) mass is 365 g/mol. The molecule has 2 aromatic rings. The van der Waals surface area contributed by atoms with Gasteiger partial charge in [-0.25, -0.2) is 4.98 Å². The Morgan fingerprint density at radius 1 is 1.27 bits per heavy atom. The first kappa shape index (κ1) is 17.2. The van der Waals surface area contributed by atoms with Gasteiger partial charge in [-0.2, -0.15) is 5.26 Å². The summed E-state index contributed by atoms with van der Waals surface area (Å²) >= 11 is 1.68. The fraction of sp³-hybridized carbons (Fsp3) is 0.400. The molecule has 0 unspecified atom stereocenters. The summed E-state index contributed by atoms with van der Waals surface area (Å²) in [6.45, 7) is 6.27. The Bertz CT molecular complexity index is 848. The molecule has 6 heteroatoms. The SMILES string of the molecule is CSc1ccccc1Nc1nc(N2C[C@H]3CNC[C@H]3C2)cc(C)c1C#N. The van der Waals surface area contributed by atoms with Crippen molar-refractivity contribution in [2.75, 3.05) is 42.7 Å². The number of hydrogen-bond donors (Lipinski definition) is 2. The molecule has 0 amide bonds. The number of fused-ring (bicyclic) bond motifs is 1. The van der Waals surface area contributed by atoms with E-state index in [1.165, 1.54) is 0 Å². The first-order valence-corrected chi connectivity index (χ1v) is 10.2. The number of pyridine rings is 1. The van der Waals surface area contributed by atoms with Crippen molar-refractivity contribution in [2.45, 2.75) is 11.8 Å². The molecule has 0 saturated carbocycles. The number of rotatable bonds is 4. The molecule has 2 N–H and O–H groups in total. The number of anilines is 3. The predicted octanol–water partition coefficient (Wildman–Crippen LogP) is 3.38. The Hall–Kier alpha value is -2.23. The summed E-state index contributed by atoms with van der Waals surface area (Å²) in [6, 6.07) is 12.5. The van der Waals surface area contributed by atoms with Crippen molar-refractivity contribution < 1.29 is 0 Å². The number of para-hydroxylation sites is 1. The molecule has 5 nitrogen and oxygen atoms in total. The lowest BCUT2D eigenvalue weighted by Gasteiger charge is -2.21. The van der Waals surface area contributed by atoms with E-state index in [2.05, 4.69) is 40.0 Å². The Kier molecular flexibility index (Phi) is 4.75. The zero-order chi connectivity index (χ0) is 18.1. The Labute approximate surface area is 158 Å². The first-order chi connectivity index (χ1) is 12.7. The lowest BCUT2D eigenvalue weighted by atomic mass is 10.0. The third-order valence-electron chi connectivity index (χ3n) is 5.39. The average Bonchev–Trinajstić information content (AvgIpc) is 3.24. The van der Waals surface area contributed by atoms with Crippen LogP contribution in [0.5, 0.6) is 0 Å². The minimum absolute atomic E-state index is 0.616. The smallest absolute Gasteiger partial charge is 0.151 e. The molecule has 0 radical (unpaired) electrons. The van der Waals surface area contributed by atoms with Crippen molar-refractivity contribution in [2.24, 2.45) is 11.8 Å². The number of thioether (sulfide) groups is 1. The fourth-order valence-electron chi connectivity index (χ4n) is 3.97. The summed E-state index contributed by atoms with van der Waals surface area (Å²) in [4.78, 5) is 8.36. The van der Waals surface area contributed by atoms with Crippen LogP contribution in [0.3, 0.4) is 0 Å². The maximum atomic E-state index is 9.63. The molecule has 1 aromatic heterocycles. The molecule has 3 heterocycles. The molecule has 2 atom stereocenters. The normalized spacial score (nSPS) is 21.5. The van der Waals surface area contributed by atoms with Crippen molar-refractivity contribution in [3.05, 3.63) is 41.5 Å². The summed E-state index contributed by atoms with van der Waals surface area (Å²) in [6.07, 6.45) is 2.05. The molecule has 1 aromatic carbocycles. The largest absolute Gasteiger partial charge is 0.356 e. The van der Waals surface area contributed by atoms with Gasteiger partial charge in [-0.1, -0.05) is 12.1 Å². The van der Waals surface area contributed by atoms with Gasteiger partial charge in [0.1, 0.15) is 11.9 Å². The zero-order valence-corrected chi connectivity index (χ0v) is 15.9. The van der Waals surface area contributed by atoms with Crippen LogP contribution in [0.25, 0.3) is 0 Å². The van der Waals surface area contributed by atoms with Crippen LogP contribution in [-0.2, 0) is 0 Å². The number of nitriles is 1. The van der Waals surface area contributed by atoms with E-state index in [1.807, 2.05) is 25.1 Å². The minimum atomic E-state index is 0.616. The van der Waals surface area contributed by atoms with Gasteiger partial charge in [0.2, 0.25) is 0 Å². The Morgan fingerprint density at radius 3 is 2.69 bits per heavy atom. The maximum absolute atomic E-state index is 9.63. The van der Waals surface area contributed by atoms with Crippen molar-refractivity contribution in [3.63, 3.8) is 0 Å². The van der Waals surface area contributed by atoms with Crippen LogP contribution < -0.4 is 15.5 Å². The summed E-state index contributed by atoms with van der Waals surface area (Å²) in [7, 11) is 0. The molecule has 2 saturated heterocycles. The third-order valence-corrected chi connectivity index (χ3v) is 6.18. The first-order valence-electron chi connectivity index (χ1n) is 8.97. The second-order valence-corrected chi connectivity index (χ2v) is 7.89. The van der Waals surface area contributed by atoms with Gasteiger partial charge in [-0.05, 0) is 48.8 Å². The molecule has 2 aliphatic heterocycles. The molecular weight excluding hydrogens is 342 g/mol. The van der Waals surface area contributed by atoms with E-state index in [4.69, 9.17) is 4.98 Å². The van der Waals surface area contributed by atoms with E-state index < -0.39 is 0 Å². The van der Waals surface area contributed by atoms with Crippen molar-refractivity contribution in [1.29, 1.82) is 5.26 Å². The highest BCUT2D eigenvalue weighted by Crippen LogP contribution is 2.34. The van der Waals surface area contributed by atoms with Gasteiger partial charge in [0, 0.05) is 31.1 Å². The van der Waals surface area contributed by atoms with Gasteiger partial charge in [0.25, 0.3) is 0 Å². The van der Waals surface area contributed by atoms with Crippen molar-refractivity contribution in [3.8, 4) is 6.07 Å². The molecule has 4 rings (SSSR count). The average molecular weight is 366 g/mol. The van der Waals surface area contributed by atoms with Gasteiger partial charge in [-0.3, -0.25) is 0 Å². The van der Waals surface area contributed by atoms with Gasteiger partial charge in [0.15, 0.2) is 5.82 Å². The van der Waals surface area contributed by atoms with Crippen LogP contribution in [0.4, 0.5) is 17.3 Å². The van der Waals surface area contributed by atoms with Crippen LogP contribution >= 0.6 is 11.8 Å². The molecule has 26 heavy (non-hydrogen) atoms. The topological polar surface area (TPSA) is 64.0 Å². The quantitative estimate of drug-likeness (QED) is 0.810. The molecule has 2 fully saturated rings. The molecule has 0 spiro atoms. The number of hydrogen-bond acceptors (Lipinski definition) is 6. The van der Waals surface area contributed by atoms with Gasteiger partial charge in [0.05, 0.1) is 11.3 Å². The van der Waals surface area contributed by atoms with Gasteiger partial charge >= 0.3 is 0 Å². The predicted molar refractivity (Wildman–Crippen MR) is 107 cm³/mol. The van der Waals surface area contributed by atoms with Crippen LogP contribution in [-0.4, -0.2) is 37.4 Å². The van der Waals surface area contributed by atoms with E-state index in [0.717, 1.165) is 48.1 Å². The lowest BCUT2D eigenvalue weighted by Crippen LogP contribution is -2.26. The molecular formula is C20H23N5S. The fourth-order valence-corrected chi connectivity index (χ4v) is 4.52. The van der Waals surface area contributed by atoms with Crippen LogP contribution in [0.2, 0.25) is 0 Å². The summed E-state index contributed by atoms with van der Waals surface area (Å²) in [5.74, 6) is 3.04. The number of aromatic nitrogens is 1. The van der Waals surface area contributed by atoms with Crippen LogP contribution in [0, 0.1) is 30.1 Å². The molecule has 134 valence electrons. The number of aryl methyl sites for hydroxylation is 1. The second-order valence-electron chi connectivity index (χ2n) is 7.04. The number of nitrogens with one attached hydrogen (secondary N) is 2. The molecule has 0 aliphatic carbocycles. The minimum Gasteiger partial charge on any atom is -0.356 e. The third kappa shape index (κ3) is 3.13. The van der Waals surface area contributed by atoms with Crippen LogP contribution in [0.1, 0.15) is 11.1 Å². The highest BCUT2D eigenvalue weighted by molar-refractivity contribution is 7.98. The highest BCUT2D eigenvalue weighted by atomic mass is 32.2. The van der Waals surface area contributed by atoms with E-state index in [9.17, 15) is 5.26 Å². The second kappa shape index (κ2) is 7.18. The van der Waals surface area contributed by atoms with E-state index in [0.29, 0.717) is 23.2 Å². The Morgan fingerprint density at radius 2 is 2.00 bits per heavy atom. The van der Waals surface area contributed by atoms with Crippen LogP contribution in [0.15, 0.2) is 35.2 Å². The number of benzene rings is 1. The van der Waals surface area contributed by atoms with Gasteiger partial charge < -0.3 is 15.5 Å². The van der Waals surface area contributed by atoms with Crippen molar-refractivity contribution in [1.82, 2.24) is 10.3 Å². The van der Waals surface area contributed by atoms with Crippen molar-refractivity contribution >= 4 is 29.1 Å². The van der Waals surface area contributed by atoms with E-state index in [-0.39, 0.29) is 0 Å². The summed E-state index contributed by atoms with van der Waals surface area (Å²) < 4.78 is 0. The standard InChI is InChI=1S/C20H23N5S/c1-13-7-19(25-11-14-9-22-10-15(14)12-25)24-20(16(13)8-21)23-17-5-3-4-6-18(17)26-2/h3-7,14-15,22H,9-12H2,1-2H3,(H,23,24)/t14-,15+. The van der Waals surface area contributed by atoms with E-state index >= 15 is 0 Å². The van der Waals surface area contributed by atoms with E-state index in [1.54, 1.807) is 11.8 Å². The van der Waals surface area contributed by atoms with Gasteiger partial charge in [-0.15, -0.1) is 11.8 Å². The molecule has 0 bridgehead atoms. The summed E-state index contributed by atoms with van der Waals surface area (Å²) in [5, 5.41) is 16.5. The lowest BCUT2D eigenvalue weighted by molar-refractivity contribution is 0.533. The molecule has 2 aliphatic rings. The Balaban J connectivity index is 1.67. The highest BCUT2D eigenvalue weighted by Gasteiger charge is 2.36. The summed E-state index contributed by atoms with van der Waals surface area (Å²) in [5.41, 5.74) is 2.57. The zero-order valence-electron chi connectivity index (χ0n) is 15.1. The number of nitrogens with zero attached hydrogens (tertiary/aromatic N) is 3. The maximum Gasteiger partial charge on any atom is 0.151 e.